The summed E-state index contributed by atoms with van der Waals surface area (Å²) < 4.78 is 42.1. The van der Waals surface area contributed by atoms with E-state index in [2.05, 4.69) is 25.3 Å². The quantitative estimate of drug-likeness (QED) is 0.481. The van der Waals surface area contributed by atoms with Gasteiger partial charge in [0.15, 0.2) is 6.17 Å². The molecule has 0 fully saturated rings. The fourth-order valence-electron chi connectivity index (χ4n) is 0.979. The van der Waals surface area contributed by atoms with E-state index in [1.807, 2.05) is 0 Å². The Morgan fingerprint density at radius 2 is 2.17 bits per heavy atom. The average molecular weight is 339 g/mol. The topological polar surface area (TPSA) is 48.3 Å². The van der Waals surface area contributed by atoms with Crippen molar-refractivity contribution in [2.24, 2.45) is 4.40 Å². The first-order chi connectivity index (χ1) is 8.21. The third-order valence-electron chi connectivity index (χ3n) is 1.94. The first kappa shape index (κ1) is 15.5. The second kappa shape index (κ2) is 6.08. The Balaban J connectivity index is 2.85. The Kier molecular flexibility index (Phi) is 5.24. The zero-order valence-electron chi connectivity index (χ0n) is 10.2. The van der Waals surface area contributed by atoms with Crippen LogP contribution in [0.3, 0.4) is 0 Å². The van der Waals surface area contributed by atoms with Gasteiger partial charge in [-0.1, -0.05) is 4.40 Å². The third-order valence-corrected chi connectivity index (χ3v) is 3.74. The number of nitrogens with zero attached hydrogens (tertiary/aromatic N) is 2. The highest BCUT2D eigenvalue weighted by molar-refractivity contribution is 9.10. The monoisotopic (exact) mass is 338 g/mol. The molecule has 0 saturated carbocycles. The second-order valence-electron chi connectivity index (χ2n) is 4.55. The zero-order chi connectivity index (χ0) is 13.9. The highest BCUT2D eigenvalue weighted by Gasteiger charge is 2.26. The van der Waals surface area contributed by atoms with E-state index in [-0.39, 0.29) is 5.56 Å². The lowest BCUT2D eigenvalue weighted by atomic mass is 10.2. The fraction of sp³-hybridized carbons (Fsp3) is 0.455. The Labute approximate surface area is 116 Å². The molecule has 0 aliphatic carbocycles. The van der Waals surface area contributed by atoms with Gasteiger partial charge in [-0.3, -0.25) is 0 Å². The largest absolute Gasteiger partial charge is 0.591 e. The van der Waals surface area contributed by atoms with Gasteiger partial charge < -0.3 is 4.55 Å². The molecule has 18 heavy (non-hydrogen) atoms. The maximum atomic E-state index is 13.7. The molecule has 2 atom stereocenters. The molecule has 1 aromatic rings. The van der Waals surface area contributed by atoms with Crippen molar-refractivity contribution in [3.63, 3.8) is 0 Å². The fourth-order valence-corrected chi connectivity index (χ4v) is 1.86. The van der Waals surface area contributed by atoms with Crippen LogP contribution >= 0.6 is 15.9 Å². The molecule has 100 valence electrons. The number of halogens is 3. The summed E-state index contributed by atoms with van der Waals surface area (Å²) in [7, 11) is 0. The number of rotatable bonds is 3. The lowest BCUT2D eigenvalue weighted by Crippen LogP contribution is -2.26. The van der Waals surface area contributed by atoms with Crippen molar-refractivity contribution in [2.45, 2.75) is 31.7 Å². The summed E-state index contributed by atoms with van der Waals surface area (Å²) in [4.78, 5) is 3.38. The Bertz CT molecular complexity index is 451. The highest BCUT2D eigenvalue weighted by Crippen LogP contribution is 2.23. The van der Waals surface area contributed by atoms with Crippen molar-refractivity contribution in [3.05, 3.63) is 28.2 Å². The van der Waals surface area contributed by atoms with Gasteiger partial charge in [0.1, 0.15) is 16.1 Å². The van der Waals surface area contributed by atoms with Crippen LogP contribution in [-0.2, 0) is 11.4 Å². The van der Waals surface area contributed by atoms with E-state index < -0.39 is 28.2 Å². The van der Waals surface area contributed by atoms with E-state index in [0.717, 1.165) is 6.21 Å². The number of alkyl halides is 1. The van der Waals surface area contributed by atoms with Crippen molar-refractivity contribution < 1.29 is 13.3 Å². The van der Waals surface area contributed by atoms with E-state index in [0.29, 0.717) is 4.47 Å². The Hall–Kier alpha value is -0.530. The van der Waals surface area contributed by atoms with Crippen LogP contribution in [0, 0.1) is 5.95 Å². The Morgan fingerprint density at radius 1 is 1.56 bits per heavy atom. The first-order valence-corrected chi connectivity index (χ1v) is 7.03. The SMILES string of the molecule is CC(C)(C)[S+]([O-])N=CC(F)c1cc(Br)cnc1F. The summed E-state index contributed by atoms with van der Waals surface area (Å²) in [5.74, 6) is -0.904. The molecule has 0 bridgehead atoms. The van der Waals surface area contributed by atoms with Gasteiger partial charge in [0.25, 0.3) is 0 Å². The molecule has 0 aromatic carbocycles. The summed E-state index contributed by atoms with van der Waals surface area (Å²) in [5, 5.41) is 0. The van der Waals surface area contributed by atoms with Gasteiger partial charge in [-0.05, 0) is 42.8 Å². The van der Waals surface area contributed by atoms with E-state index in [9.17, 15) is 13.3 Å². The predicted molar refractivity (Wildman–Crippen MR) is 72.1 cm³/mol. The lowest BCUT2D eigenvalue weighted by Gasteiger charge is -2.18. The minimum absolute atomic E-state index is 0.237. The molecule has 0 N–H and O–H groups in total. The number of hydrogen-bond acceptors (Lipinski definition) is 3. The third kappa shape index (κ3) is 4.29. The van der Waals surface area contributed by atoms with Crippen molar-refractivity contribution in [2.75, 3.05) is 0 Å². The molecule has 0 spiro atoms. The lowest BCUT2D eigenvalue weighted by molar-refractivity contribution is 0.421. The molecule has 0 saturated heterocycles. The van der Waals surface area contributed by atoms with Crippen LogP contribution in [0.1, 0.15) is 32.5 Å². The van der Waals surface area contributed by atoms with E-state index in [1.54, 1.807) is 20.8 Å². The van der Waals surface area contributed by atoms with Crippen LogP contribution in [-0.4, -0.2) is 20.5 Å². The molecule has 7 heteroatoms. The number of pyridine rings is 1. The van der Waals surface area contributed by atoms with E-state index in [4.69, 9.17) is 0 Å². The van der Waals surface area contributed by atoms with Gasteiger partial charge in [-0.25, -0.2) is 9.37 Å². The molecule has 0 amide bonds. The normalized spacial score (nSPS) is 15.9. The molecular formula is C11H13BrF2N2OS. The summed E-state index contributed by atoms with van der Waals surface area (Å²) in [6.45, 7) is 5.15. The molecule has 2 unspecified atom stereocenters. The number of aromatic nitrogens is 1. The van der Waals surface area contributed by atoms with Crippen molar-refractivity contribution in [1.29, 1.82) is 0 Å². The minimum atomic E-state index is -1.78. The van der Waals surface area contributed by atoms with Gasteiger partial charge in [0.05, 0.1) is 6.21 Å². The van der Waals surface area contributed by atoms with Gasteiger partial charge in [0, 0.05) is 16.2 Å². The van der Waals surface area contributed by atoms with Crippen LogP contribution in [0.4, 0.5) is 8.78 Å². The van der Waals surface area contributed by atoms with Crippen LogP contribution < -0.4 is 0 Å². The van der Waals surface area contributed by atoms with Crippen molar-refractivity contribution in [1.82, 2.24) is 4.98 Å². The molecule has 3 nitrogen and oxygen atoms in total. The summed E-state index contributed by atoms with van der Waals surface area (Å²) >= 11 is 1.51. The highest BCUT2D eigenvalue weighted by atomic mass is 79.9. The van der Waals surface area contributed by atoms with Gasteiger partial charge >= 0.3 is 0 Å². The summed E-state index contributed by atoms with van der Waals surface area (Å²) in [6.07, 6.45) is 0.297. The second-order valence-corrected chi connectivity index (χ2v) is 7.40. The molecule has 1 heterocycles. The molecular weight excluding hydrogens is 326 g/mol. The van der Waals surface area contributed by atoms with Crippen LogP contribution in [0.25, 0.3) is 0 Å². The van der Waals surface area contributed by atoms with Gasteiger partial charge in [0.2, 0.25) is 5.95 Å². The van der Waals surface area contributed by atoms with Gasteiger partial charge in [-0.2, -0.15) is 4.39 Å². The Morgan fingerprint density at radius 3 is 2.72 bits per heavy atom. The smallest absolute Gasteiger partial charge is 0.219 e. The maximum absolute atomic E-state index is 13.7. The molecule has 0 aliphatic rings. The molecule has 0 radical (unpaired) electrons. The van der Waals surface area contributed by atoms with Crippen LogP contribution in [0.5, 0.6) is 0 Å². The first-order valence-electron chi connectivity index (χ1n) is 5.13. The standard InChI is InChI=1S/C11H13BrF2N2OS/c1-11(2,3)18(17)16-6-9(13)8-4-7(12)5-15-10(8)14/h4-6,9H,1-3H3. The minimum Gasteiger partial charge on any atom is -0.591 e. The predicted octanol–water partition coefficient (Wildman–Crippen LogP) is 3.53. The number of hydrogen-bond donors (Lipinski definition) is 0. The molecule has 1 rings (SSSR count). The van der Waals surface area contributed by atoms with Crippen LogP contribution in [0.2, 0.25) is 0 Å². The van der Waals surface area contributed by atoms with Crippen LogP contribution in [0.15, 0.2) is 21.1 Å². The van der Waals surface area contributed by atoms with Gasteiger partial charge in [-0.15, -0.1) is 0 Å². The zero-order valence-corrected chi connectivity index (χ0v) is 12.6. The van der Waals surface area contributed by atoms with Crippen molar-refractivity contribution in [3.8, 4) is 0 Å². The molecule has 1 aromatic heterocycles. The molecule has 0 aliphatic heterocycles. The van der Waals surface area contributed by atoms with Crippen molar-refractivity contribution >= 4 is 33.5 Å². The average Bonchev–Trinajstić information content (AvgIpc) is 2.27. The summed E-state index contributed by atoms with van der Waals surface area (Å²) in [5.41, 5.74) is -0.237. The summed E-state index contributed by atoms with van der Waals surface area (Å²) in [6, 6.07) is 1.28. The van der Waals surface area contributed by atoms with E-state index in [1.165, 1.54) is 12.3 Å². The maximum Gasteiger partial charge on any atom is 0.219 e. The van der Waals surface area contributed by atoms with E-state index >= 15 is 0 Å².